The molecule has 1 atom stereocenters. The predicted octanol–water partition coefficient (Wildman–Crippen LogP) is 5.74. The lowest BCUT2D eigenvalue weighted by Gasteiger charge is -2.18. The minimum atomic E-state index is -2.79. The van der Waals surface area contributed by atoms with Crippen molar-refractivity contribution >= 4 is 28.4 Å². The molecule has 0 aliphatic carbocycles. The second-order valence-electron chi connectivity index (χ2n) is 6.19. The standard InChI is InChI=1S/C17H17ClF3N3OS/c1-3-17(2)8-13(23-25-17)26-9-12-14(16(20)21)22-24(15(12)18)11-6-4-5-10(19)7-11/h4-7,16H,3,8-9H2,1-2H3. The van der Waals surface area contributed by atoms with Crippen LogP contribution in [0.5, 0.6) is 0 Å². The second-order valence-corrected chi connectivity index (χ2v) is 7.60. The third kappa shape index (κ3) is 3.86. The maximum absolute atomic E-state index is 13.4. The summed E-state index contributed by atoms with van der Waals surface area (Å²) in [6.45, 7) is 3.95. The van der Waals surface area contributed by atoms with Crippen molar-refractivity contribution in [2.75, 3.05) is 0 Å². The van der Waals surface area contributed by atoms with E-state index >= 15 is 0 Å². The molecule has 2 heterocycles. The summed E-state index contributed by atoms with van der Waals surface area (Å²) in [5, 5.41) is 8.69. The van der Waals surface area contributed by atoms with E-state index in [1.54, 1.807) is 6.07 Å². The van der Waals surface area contributed by atoms with E-state index in [9.17, 15) is 13.2 Å². The van der Waals surface area contributed by atoms with Gasteiger partial charge in [-0.05, 0) is 31.5 Å². The molecular weight excluding hydrogens is 387 g/mol. The highest BCUT2D eigenvalue weighted by atomic mass is 35.5. The van der Waals surface area contributed by atoms with Crippen LogP contribution in [0.15, 0.2) is 29.4 Å². The topological polar surface area (TPSA) is 39.4 Å². The van der Waals surface area contributed by atoms with Crippen molar-refractivity contribution < 1.29 is 18.0 Å². The zero-order chi connectivity index (χ0) is 18.9. The summed E-state index contributed by atoms with van der Waals surface area (Å²) in [4.78, 5) is 5.41. The average molecular weight is 404 g/mol. The molecule has 0 saturated carbocycles. The molecule has 9 heteroatoms. The van der Waals surface area contributed by atoms with E-state index in [-0.39, 0.29) is 27.8 Å². The number of nitrogens with zero attached hydrogens (tertiary/aromatic N) is 3. The largest absolute Gasteiger partial charge is 0.388 e. The Morgan fingerprint density at radius 3 is 2.81 bits per heavy atom. The lowest BCUT2D eigenvalue weighted by atomic mass is 10.0. The van der Waals surface area contributed by atoms with Crippen LogP contribution in [0, 0.1) is 5.82 Å². The Hall–Kier alpha value is -1.67. The monoisotopic (exact) mass is 403 g/mol. The van der Waals surface area contributed by atoms with E-state index < -0.39 is 17.9 Å². The van der Waals surface area contributed by atoms with Crippen LogP contribution < -0.4 is 0 Å². The van der Waals surface area contributed by atoms with Crippen LogP contribution in [0.2, 0.25) is 5.15 Å². The molecule has 1 aliphatic heterocycles. The van der Waals surface area contributed by atoms with Gasteiger partial charge in [-0.15, -0.1) is 11.8 Å². The number of benzene rings is 1. The van der Waals surface area contributed by atoms with Crippen molar-refractivity contribution in [3.05, 3.63) is 46.5 Å². The highest BCUT2D eigenvalue weighted by molar-refractivity contribution is 8.13. The van der Waals surface area contributed by atoms with Crippen LogP contribution in [0.25, 0.3) is 5.69 Å². The Kier molecular flexibility index (Phi) is 5.53. The molecule has 0 spiro atoms. The van der Waals surface area contributed by atoms with Crippen molar-refractivity contribution in [1.82, 2.24) is 9.78 Å². The molecule has 1 aromatic carbocycles. The van der Waals surface area contributed by atoms with E-state index in [0.717, 1.165) is 16.1 Å². The third-order valence-corrected chi connectivity index (χ3v) is 5.61. The summed E-state index contributed by atoms with van der Waals surface area (Å²) < 4.78 is 41.4. The minimum absolute atomic E-state index is 0.0381. The van der Waals surface area contributed by atoms with Crippen LogP contribution in [0.4, 0.5) is 13.2 Å². The maximum atomic E-state index is 13.4. The number of alkyl halides is 2. The fourth-order valence-electron chi connectivity index (χ4n) is 2.50. The summed E-state index contributed by atoms with van der Waals surface area (Å²) in [5.41, 5.74) is -0.273. The van der Waals surface area contributed by atoms with Gasteiger partial charge in [-0.3, -0.25) is 0 Å². The van der Waals surface area contributed by atoms with Crippen molar-refractivity contribution in [3.8, 4) is 5.69 Å². The number of oxime groups is 1. The number of hydrogen-bond acceptors (Lipinski definition) is 4. The summed E-state index contributed by atoms with van der Waals surface area (Å²) in [5.74, 6) is -0.324. The van der Waals surface area contributed by atoms with Crippen molar-refractivity contribution in [2.24, 2.45) is 5.16 Å². The zero-order valence-electron chi connectivity index (χ0n) is 14.2. The molecule has 0 bridgehead atoms. The maximum Gasteiger partial charge on any atom is 0.282 e. The number of aromatic nitrogens is 2. The molecule has 26 heavy (non-hydrogen) atoms. The Balaban J connectivity index is 1.85. The van der Waals surface area contributed by atoms with Crippen molar-refractivity contribution in [2.45, 2.75) is 44.5 Å². The molecule has 1 aromatic heterocycles. The summed E-state index contributed by atoms with van der Waals surface area (Å²) in [6, 6.07) is 5.46. The summed E-state index contributed by atoms with van der Waals surface area (Å²) in [6.07, 6.45) is -1.38. The van der Waals surface area contributed by atoms with E-state index in [4.69, 9.17) is 16.4 Å². The molecule has 4 nitrogen and oxygen atoms in total. The Bertz CT molecular complexity index is 843. The molecule has 0 radical (unpaired) electrons. The molecule has 1 unspecified atom stereocenters. The van der Waals surface area contributed by atoms with Gasteiger partial charge in [-0.2, -0.15) is 5.10 Å². The molecule has 2 aromatic rings. The average Bonchev–Trinajstić information content (AvgIpc) is 3.14. The van der Waals surface area contributed by atoms with Gasteiger partial charge < -0.3 is 4.84 Å². The fraction of sp³-hybridized carbons (Fsp3) is 0.412. The lowest BCUT2D eigenvalue weighted by molar-refractivity contribution is -0.00605. The highest BCUT2D eigenvalue weighted by Crippen LogP contribution is 2.36. The van der Waals surface area contributed by atoms with Crippen molar-refractivity contribution in [1.29, 1.82) is 0 Å². The van der Waals surface area contributed by atoms with Gasteiger partial charge in [0.25, 0.3) is 6.43 Å². The smallest absolute Gasteiger partial charge is 0.282 e. The number of thioether (sulfide) groups is 1. The predicted molar refractivity (Wildman–Crippen MR) is 96.6 cm³/mol. The van der Waals surface area contributed by atoms with Gasteiger partial charge in [0.2, 0.25) is 0 Å². The van der Waals surface area contributed by atoms with Crippen LogP contribution in [-0.4, -0.2) is 20.4 Å². The molecule has 3 rings (SSSR count). The zero-order valence-corrected chi connectivity index (χ0v) is 15.8. The van der Waals surface area contributed by atoms with E-state index in [0.29, 0.717) is 6.42 Å². The van der Waals surface area contributed by atoms with Crippen LogP contribution in [0.3, 0.4) is 0 Å². The molecular formula is C17H17ClF3N3OS. The van der Waals surface area contributed by atoms with E-state index in [1.807, 2.05) is 13.8 Å². The second kappa shape index (κ2) is 7.52. The molecule has 0 amide bonds. The number of halogens is 4. The highest BCUT2D eigenvalue weighted by Gasteiger charge is 2.33. The summed E-state index contributed by atoms with van der Waals surface area (Å²) >= 11 is 7.58. The number of rotatable bonds is 5. The normalized spacial score (nSPS) is 19.7. The Morgan fingerprint density at radius 2 is 2.19 bits per heavy atom. The van der Waals surface area contributed by atoms with Gasteiger partial charge in [0.15, 0.2) is 0 Å². The minimum Gasteiger partial charge on any atom is -0.388 e. The first-order valence-electron chi connectivity index (χ1n) is 8.02. The first-order chi connectivity index (χ1) is 12.3. The number of hydrogen-bond donors (Lipinski definition) is 0. The SMILES string of the molecule is CCC1(C)CC(SCc2c(C(F)F)nn(-c3cccc(F)c3)c2Cl)=NO1. The van der Waals surface area contributed by atoms with E-state index in [1.165, 1.54) is 30.0 Å². The molecule has 1 aliphatic rings. The Labute approximate surface area is 158 Å². The van der Waals surface area contributed by atoms with Gasteiger partial charge in [-0.1, -0.05) is 29.7 Å². The van der Waals surface area contributed by atoms with Crippen LogP contribution in [-0.2, 0) is 10.6 Å². The van der Waals surface area contributed by atoms with Gasteiger partial charge in [0.1, 0.15) is 27.3 Å². The first-order valence-corrected chi connectivity index (χ1v) is 9.38. The van der Waals surface area contributed by atoms with Gasteiger partial charge in [0.05, 0.1) is 5.69 Å². The molecule has 140 valence electrons. The van der Waals surface area contributed by atoms with Crippen LogP contribution >= 0.6 is 23.4 Å². The van der Waals surface area contributed by atoms with Gasteiger partial charge >= 0.3 is 0 Å². The van der Waals surface area contributed by atoms with Gasteiger partial charge in [0, 0.05) is 17.7 Å². The Morgan fingerprint density at radius 1 is 1.42 bits per heavy atom. The van der Waals surface area contributed by atoms with E-state index in [2.05, 4.69) is 10.3 Å². The fourth-order valence-corrected chi connectivity index (χ4v) is 3.97. The lowest BCUT2D eigenvalue weighted by Crippen LogP contribution is -2.22. The van der Waals surface area contributed by atoms with Crippen molar-refractivity contribution in [3.63, 3.8) is 0 Å². The van der Waals surface area contributed by atoms with Gasteiger partial charge in [-0.25, -0.2) is 17.9 Å². The molecule has 0 fully saturated rings. The first kappa shape index (κ1) is 19.1. The molecule has 0 N–H and O–H groups in total. The quantitative estimate of drug-likeness (QED) is 0.639. The molecule has 0 saturated heterocycles. The summed E-state index contributed by atoms with van der Waals surface area (Å²) in [7, 11) is 0. The third-order valence-electron chi connectivity index (χ3n) is 4.24. The van der Waals surface area contributed by atoms with Crippen LogP contribution in [0.1, 0.15) is 44.4 Å².